The molecule has 0 unspecified atom stereocenters. The maximum absolute atomic E-state index is 13.1. The number of amides is 4. The second kappa shape index (κ2) is 16.8. The fraction of sp³-hybridized carbons (Fsp3) is 0.282. The van der Waals surface area contributed by atoms with E-state index in [-0.39, 0.29) is 54.8 Å². The van der Waals surface area contributed by atoms with Gasteiger partial charge in [-0.1, -0.05) is 61.0 Å². The van der Waals surface area contributed by atoms with Crippen molar-refractivity contribution in [2.45, 2.75) is 40.5 Å². The summed E-state index contributed by atoms with van der Waals surface area (Å²) in [5, 5.41) is 0.218. The number of fused-ring (bicyclic) bond motifs is 2. The lowest BCUT2D eigenvalue weighted by atomic mass is 10.1. The summed E-state index contributed by atoms with van der Waals surface area (Å²) in [6, 6.07) is 18.6. The molecule has 0 saturated heterocycles. The van der Waals surface area contributed by atoms with Crippen LogP contribution in [0.1, 0.15) is 78.0 Å². The van der Waals surface area contributed by atoms with Gasteiger partial charge in [-0.15, -0.1) is 0 Å². The van der Waals surface area contributed by atoms with Crippen molar-refractivity contribution >= 4 is 46.8 Å². The molecule has 0 aromatic heterocycles. The van der Waals surface area contributed by atoms with Gasteiger partial charge in [-0.2, -0.15) is 13.2 Å². The van der Waals surface area contributed by atoms with Crippen molar-refractivity contribution in [1.82, 2.24) is 14.7 Å². The van der Waals surface area contributed by atoms with E-state index in [0.29, 0.717) is 41.7 Å². The highest BCUT2D eigenvalue weighted by Gasteiger charge is 2.40. The average Bonchev–Trinajstić information content (AvgIpc) is 3.48. The molecular formula is C39H38Cl2F3N3O6. The monoisotopic (exact) mass is 771 g/mol. The van der Waals surface area contributed by atoms with Gasteiger partial charge in [0.2, 0.25) is 0 Å². The van der Waals surface area contributed by atoms with Crippen LogP contribution >= 0.6 is 23.2 Å². The number of halogens is 5. The number of rotatable bonds is 10. The molecule has 2 heterocycles. The van der Waals surface area contributed by atoms with E-state index in [4.69, 9.17) is 32.7 Å². The number of alkyl halides is 3. The Kier molecular flexibility index (Phi) is 13.0. The van der Waals surface area contributed by atoms with Crippen LogP contribution in [0.5, 0.6) is 11.5 Å². The minimum absolute atomic E-state index is 0. The number of imide groups is 2. The second-order valence-corrected chi connectivity index (χ2v) is 13.0. The lowest BCUT2D eigenvalue weighted by molar-refractivity contribution is -0.137. The van der Waals surface area contributed by atoms with E-state index in [1.165, 1.54) is 17.0 Å². The van der Waals surface area contributed by atoms with E-state index < -0.39 is 28.6 Å². The third kappa shape index (κ3) is 8.84. The Labute approximate surface area is 315 Å². The van der Waals surface area contributed by atoms with Gasteiger partial charge in [0.1, 0.15) is 18.1 Å². The molecule has 0 saturated carbocycles. The van der Waals surface area contributed by atoms with Gasteiger partial charge in [0, 0.05) is 11.6 Å². The molecule has 0 atom stereocenters. The normalized spacial score (nSPS) is 13.5. The summed E-state index contributed by atoms with van der Waals surface area (Å²) in [6.45, 7) is 5.02. The first-order valence-electron chi connectivity index (χ1n) is 16.1. The topological polar surface area (TPSA) is 96.5 Å². The van der Waals surface area contributed by atoms with Gasteiger partial charge in [-0.3, -0.25) is 29.0 Å². The first-order valence-corrected chi connectivity index (χ1v) is 16.9. The number of likely N-dealkylation sites (N-methyl/N-ethyl adjacent to an activating group) is 1. The Balaban J connectivity index is 0.000000238. The Morgan fingerprint density at radius 1 is 0.698 bits per heavy atom. The molecule has 280 valence electrons. The zero-order valence-corrected chi connectivity index (χ0v) is 30.2. The van der Waals surface area contributed by atoms with Crippen molar-refractivity contribution < 1.29 is 41.8 Å². The summed E-state index contributed by atoms with van der Waals surface area (Å²) in [6.07, 6.45) is -4.64. The van der Waals surface area contributed by atoms with Gasteiger partial charge in [-0.05, 0) is 87.1 Å². The summed E-state index contributed by atoms with van der Waals surface area (Å²) in [5.41, 5.74) is 1.95. The first kappa shape index (κ1) is 40.9. The fourth-order valence-electron chi connectivity index (χ4n) is 5.68. The van der Waals surface area contributed by atoms with E-state index in [2.05, 4.69) is 0 Å². The van der Waals surface area contributed by atoms with Crippen molar-refractivity contribution in [2.24, 2.45) is 0 Å². The highest BCUT2D eigenvalue weighted by molar-refractivity contribution is 6.31. The van der Waals surface area contributed by atoms with Crippen LogP contribution in [0.3, 0.4) is 0 Å². The van der Waals surface area contributed by atoms with E-state index in [1.54, 1.807) is 36.4 Å². The second-order valence-electron chi connectivity index (χ2n) is 12.2. The Morgan fingerprint density at radius 3 is 1.66 bits per heavy atom. The summed E-state index contributed by atoms with van der Waals surface area (Å²) >= 11 is 11.7. The number of carbonyl (C=O) groups excluding carboxylic acids is 4. The van der Waals surface area contributed by atoms with Crippen LogP contribution in [0.4, 0.5) is 13.2 Å². The smallest absolute Gasteiger partial charge is 0.417 e. The van der Waals surface area contributed by atoms with Crippen LogP contribution in [-0.4, -0.2) is 72.2 Å². The van der Waals surface area contributed by atoms with Gasteiger partial charge >= 0.3 is 6.18 Å². The third-order valence-electron chi connectivity index (χ3n) is 8.26. The van der Waals surface area contributed by atoms with Crippen LogP contribution in [0.2, 0.25) is 10.0 Å². The van der Waals surface area contributed by atoms with Crippen LogP contribution < -0.4 is 9.47 Å². The molecule has 9 nitrogen and oxygen atoms in total. The van der Waals surface area contributed by atoms with Crippen molar-refractivity contribution in [2.75, 3.05) is 33.9 Å². The van der Waals surface area contributed by atoms with Crippen LogP contribution in [0.15, 0.2) is 72.8 Å². The molecule has 0 radical (unpaired) electrons. The zero-order valence-electron chi connectivity index (χ0n) is 28.6. The van der Waals surface area contributed by atoms with Crippen molar-refractivity contribution in [3.05, 3.63) is 127 Å². The maximum atomic E-state index is 13.1. The number of nitrogens with zero attached hydrogens (tertiary/aromatic N) is 3. The summed E-state index contributed by atoms with van der Waals surface area (Å²) < 4.78 is 50.4. The quantitative estimate of drug-likeness (QED) is 0.149. The van der Waals surface area contributed by atoms with Gasteiger partial charge in [0.05, 0.1) is 52.5 Å². The first-order chi connectivity index (χ1) is 24.6. The predicted molar refractivity (Wildman–Crippen MR) is 196 cm³/mol. The molecule has 0 bridgehead atoms. The molecule has 2 aliphatic rings. The van der Waals surface area contributed by atoms with E-state index >= 15 is 0 Å². The lowest BCUT2D eigenvalue weighted by Gasteiger charge is -2.16. The van der Waals surface area contributed by atoms with Gasteiger partial charge < -0.3 is 14.4 Å². The summed E-state index contributed by atoms with van der Waals surface area (Å²) in [4.78, 5) is 54.8. The van der Waals surface area contributed by atoms with Crippen LogP contribution in [-0.2, 0) is 19.3 Å². The summed E-state index contributed by atoms with van der Waals surface area (Å²) in [7, 11) is 3.74. The molecule has 0 fully saturated rings. The number of ether oxygens (including phenoxy) is 2. The average molecular weight is 773 g/mol. The third-order valence-corrected chi connectivity index (χ3v) is 9.01. The molecular weight excluding hydrogens is 734 g/mol. The van der Waals surface area contributed by atoms with Gasteiger partial charge in [-0.25, -0.2) is 0 Å². The number of aryl methyl sites for hydroxylation is 1. The van der Waals surface area contributed by atoms with Crippen molar-refractivity contribution in [3.63, 3.8) is 0 Å². The Bertz CT molecular complexity index is 2050. The van der Waals surface area contributed by atoms with Gasteiger partial charge in [0.25, 0.3) is 23.6 Å². The number of carbonyl (C=O) groups is 4. The molecule has 53 heavy (non-hydrogen) atoms. The van der Waals surface area contributed by atoms with E-state index in [1.807, 2.05) is 45.0 Å². The number of hydrogen-bond donors (Lipinski definition) is 0. The number of benzene rings is 4. The Morgan fingerprint density at radius 2 is 1.19 bits per heavy atom. The SMILES string of the molecule is C.CCOc1cccc2c1C(=O)N(Cc1ccc(Cl)c(C)c1)C2=O.CN(C)CCOc1cccc2c1C(=O)N(Cc1ccc(Cl)c(C(F)(F)F)c1)C2=O. The molecule has 0 spiro atoms. The standard InChI is InChI=1S/C20H18ClF3N2O3.C18H16ClNO3.CH4/c1-25(2)8-9-29-16-5-3-4-13-17(16)19(28)26(18(13)27)11-12-6-7-15(21)14(10-12)20(22,23)24;1-3-23-15-6-4-5-13-16(15)18(22)20(17(13)21)10-12-7-8-14(19)11(2)9-12;/h3-7,10H,8-9,11H2,1-2H3;4-9H,3,10H2,1-2H3;1H4. The molecule has 6 rings (SSSR count). The molecule has 14 heteroatoms. The fourth-order valence-corrected chi connectivity index (χ4v) is 6.03. The minimum Gasteiger partial charge on any atom is -0.493 e. The number of hydrogen-bond acceptors (Lipinski definition) is 7. The molecule has 0 N–H and O–H groups in total. The molecule has 0 aliphatic carbocycles. The molecule has 4 aromatic carbocycles. The van der Waals surface area contributed by atoms with E-state index in [0.717, 1.165) is 28.2 Å². The van der Waals surface area contributed by atoms with Crippen molar-refractivity contribution in [3.8, 4) is 11.5 Å². The van der Waals surface area contributed by atoms with Crippen LogP contribution in [0, 0.1) is 6.92 Å². The highest BCUT2D eigenvalue weighted by atomic mass is 35.5. The van der Waals surface area contributed by atoms with Crippen LogP contribution in [0.25, 0.3) is 0 Å². The molecule has 2 aliphatic heterocycles. The highest BCUT2D eigenvalue weighted by Crippen LogP contribution is 2.37. The molecule has 4 amide bonds. The minimum atomic E-state index is -4.64. The lowest BCUT2D eigenvalue weighted by Crippen LogP contribution is -2.29. The van der Waals surface area contributed by atoms with Crippen molar-refractivity contribution in [1.29, 1.82) is 0 Å². The zero-order chi connectivity index (χ0) is 37.9. The predicted octanol–water partition coefficient (Wildman–Crippen LogP) is 8.57. The van der Waals surface area contributed by atoms with Gasteiger partial charge in [0.15, 0.2) is 0 Å². The summed E-state index contributed by atoms with van der Waals surface area (Å²) in [5.74, 6) is -1.06. The van der Waals surface area contributed by atoms with E-state index in [9.17, 15) is 32.3 Å². The Hall–Kier alpha value is -4.91. The maximum Gasteiger partial charge on any atom is 0.417 e. The largest absolute Gasteiger partial charge is 0.493 e. The molecule has 4 aromatic rings.